The molecule has 0 amide bonds. The summed E-state index contributed by atoms with van der Waals surface area (Å²) < 4.78 is 23.6. The first-order chi connectivity index (χ1) is 9.94. The van der Waals surface area contributed by atoms with Gasteiger partial charge in [-0.25, -0.2) is 8.42 Å². The average molecular weight is 304 g/mol. The van der Waals surface area contributed by atoms with E-state index in [9.17, 15) is 8.42 Å². The molecule has 0 saturated carbocycles. The zero-order valence-electron chi connectivity index (χ0n) is 12.2. The Balaban J connectivity index is 2.26. The molecule has 2 aromatic carbocycles. The summed E-state index contributed by atoms with van der Waals surface area (Å²) in [6.45, 7) is 3.57. The van der Waals surface area contributed by atoms with E-state index in [4.69, 9.17) is 5.73 Å². The number of nitrogens with one attached hydrogen (secondary N) is 1. The predicted octanol–water partition coefficient (Wildman–Crippen LogP) is 3.24. The van der Waals surface area contributed by atoms with Gasteiger partial charge in [-0.1, -0.05) is 25.1 Å². The fourth-order valence-corrected chi connectivity index (χ4v) is 2.96. The van der Waals surface area contributed by atoms with Gasteiger partial charge >= 0.3 is 0 Å². The Bertz CT molecular complexity index is 707. The van der Waals surface area contributed by atoms with Gasteiger partial charge in [0, 0.05) is 17.4 Å². The number of rotatable bonds is 5. The molecule has 0 fully saturated rings. The summed E-state index contributed by atoms with van der Waals surface area (Å²) in [5, 5.41) is 3.28. The van der Waals surface area contributed by atoms with Gasteiger partial charge in [-0.05, 0) is 42.8 Å². The molecule has 1 unspecified atom stereocenters. The molecular formula is C16H20N2O2S. The highest BCUT2D eigenvalue weighted by molar-refractivity contribution is 7.91. The molecule has 0 aliphatic rings. The highest BCUT2D eigenvalue weighted by Crippen LogP contribution is 2.25. The normalized spacial score (nSPS) is 12.9. The van der Waals surface area contributed by atoms with Gasteiger partial charge in [-0.3, -0.25) is 0 Å². The molecule has 2 rings (SSSR count). The van der Waals surface area contributed by atoms with Crippen LogP contribution in [-0.4, -0.2) is 14.2 Å². The zero-order chi connectivity index (χ0) is 15.5. The van der Waals surface area contributed by atoms with Crippen molar-refractivity contribution in [3.05, 3.63) is 54.1 Å². The fourth-order valence-electron chi connectivity index (χ4n) is 2.08. The van der Waals surface area contributed by atoms with Gasteiger partial charge in [0.25, 0.3) is 0 Å². The van der Waals surface area contributed by atoms with E-state index in [2.05, 4.69) is 5.32 Å². The van der Waals surface area contributed by atoms with Gasteiger partial charge in [0.2, 0.25) is 0 Å². The lowest BCUT2D eigenvalue weighted by Crippen LogP contribution is -2.08. The minimum Gasteiger partial charge on any atom is -0.355 e. The monoisotopic (exact) mass is 304 g/mol. The van der Waals surface area contributed by atoms with Crippen LogP contribution in [0.3, 0.4) is 0 Å². The summed E-state index contributed by atoms with van der Waals surface area (Å²) >= 11 is 0. The Morgan fingerprint density at radius 2 is 1.71 bits per heavy atom. The third-order valence-electron chi connectivity index (χ3n) is 3.32. The van der Waals surface area contributed by atoms with E-state index >= 15 is 0 Å². The minimum absolute atomic E-state index is 0.0755. The van der Waals surface area contributed by atoms with Crippen LogP contribution in [0, 0.1) is 0 Å². The molecular weight excluding hydrogens is 284 g/mol. The molecule has 0 aliphatic carbocycles. The van der Waals surface area contributed by atoms with E-state index in [1.165, 1.54) is 0 Å². The minimum atomic E-state index is -3.16. The van der Waals surface area contributed by atoms with Crippen molar-refractivity contribution < 1.29 is 8.42 Å². The van der Waals surface area contributed by atoms with Gasteiger partial charge in [-0.2, -0.15) is 0 Å². The first kappa shape index (κ1) is 15.5. The highest BCUT2D eigenvalue weighted by atomic mass is 32.2. The molecule has 0 heterocycles. The van der Waals surface area contributed by atoms with Gasteiger partial charge in [-0.15, -0.1) is 0 Å². The summed E-state index contributed by atoms with van der Waals surface area (Å²) in [5.41, 5.74) is 8.73. The van der Waals surface area contributed by atoms with E-state index in [-0.39, 0.29) is 11.8 Å². The fraction of sp³-hybridized carbons (Fsp3) is 0.250. The Labute approximate surface area is 125 Å². The van der Waals surface area contributed by atoms with Gasteiger partial charge < -0.3 is 11.1 Å². The number of hydrogen-bond acceptors (Lipinski definition) is 4. The van der Waals surface area contributed by atoms with Crippen molar-refractivity contribution >= 4 is 21.2 Å². The lowest BCUT2D eigenvalue weighted by atomic mass is 10.1. The second-order valence-electron chi connectivity index (χ2n) is 4.93. The number of anilines is 2. The molecule has 0 aromatic heterocycles. The highest BCUT2D eigenvalue weighted by Gasteiger charge is 2.11. The number of hydrogen-bond donors (Lipinski definition) is 2. The second-order valence-corrected chi connectivity index (χ2v) is 7.21. The number of sulfone groups is 1. The molecule has 3 N–H and O–H groups in total. The van der Waals surface area contributed by atoms with Gasteiger partial charge in [0.05, 0.1) is 10.6 Å². The topological polar surface area (TPSA) is 72.2 Å². The lowest BCUT2D eigenvalue weighted by molar-refractivity contribution is 0.597. The number of nitrogens with two attached hydrogens (primary N) is 1. The second kappa shape index (κ2) is 6.28. The van der Waals surface area contributed by atoms with E-state index < -0.39 is 9.84 Å². The van der Waals surface area contributed by atoms with Crippen molar-refractivity contribution in [3.63, 3.8) is 0 Å². The molecule has 0 bridgehead atoms. The Morgan fingerprint density at radius 1 is 1.10 bits per heavy atom. The quantitative estimate of drug-likeness (QED) is 0.889. The van der Waals surface area contributed by atoms with Crippen molar-refractivity contribution in [3.8, 4) is 0 Å². The first-order valence-electron chi connectivity index (χ1n) is 6.88. The number of benzene rings is 2. The van der Waals surface area contributed by atoms with Crippen molar-refractivity contribution in [2.24, 2.45) is 5.73 Å². The van der Waals surface area contributed by atoms with Crippen LogP contribution < -0.4 is 11.1 Å². The average Bonchev–Trinajstić information content (AvgIpc) is 2.48. The van der Waals surface area contributed by atoms with Crippen LogP contribution in [0.15, 0.2) is 53.4 Å². The van der Waals surface area contributed by atoms with Crippen LogP contribution in [0.5, 0.6) is 0 Å². The van der Waals surface area contributed by atoms with Crippen molar-refractivity contribution in [2.45, 2.75) is 24.8 Å². The van der Waals surface area contributed by atoms with Crippen LogP contribution in [-0.2, 0) is 9.84 Å². The van der Waals surface area contributed by atoms with E-state index in [1.807, 2.05) is 31.2 Å². The standard InChI is InChI=1S/C16H20N2O2S/c1-3-21(19,20)14-10-8-13(9-11-14)18-16-7-5-4-6-15(16)12(2)17/h4-12,18H,3,17H2,1-2H3. The van der Waals surface area contributed by atoms with Crippen molar-refractivity contribution in [1.82, 2.24) is 0 Å². The van der Waals surface area contributed by atoms with E-state index in [0.717, 1.165) is 16.9 Å². The maximum atomic E-state index is 11.8. The van der Waals surface area contributed by atoms with E-state index in [0.29, 0.717) is 4.90 Å². The van der Waals surface area contributed by atoms with Crippen LogP contribution in [0.4, 0.5) is 11.4 Å². The first-order valence-corrected chi connectivity index (χ1v) is 8.53. The maximum absolute atomic E-state index is 11.8. The van der Waals surface area contributed by atoms with Crippen molar-refractivity contribution in [2.75, 3.05) is 11.1 Å². The van der Waals surface area contributed by atoms with Gasteiger partial charge in [0.1, 0.15) is 0 Å². The Morgan fingerprint density at radius 3 is 2.29 bits per heavy atom. The molecule has 4 nitrogen and oxygen atoms in total. The van der Waals surface area contributed by atoms with Gasteiger partial charge in [0.15, 0.2) is 9.84 Å². The summed E-state index contributed by atoms with van der Waals surface area (Å²) in [7, 11) is -3.16. The number of para-hydroxylation sites is 1. The Hall–Kier alpha value is -1.85. The van der Waals surface area contributed by atoms with E-state index in [1.54, 1.807) is 31.2 Å². The molecule has 112 valence electrons. The molecule has 0 spiro atoms. The smallest absolute Gasteiger partial charge is 0.178 e. The molecule has 2 aromatic rings. The third-order valence-corrected chi connectivity index (χ3v) is 5.07. The third kappa shape index (κ3) is 3.62. The summed E-state index contributed by atoms with van der Waals surface area (Å²) in [5.74, 6) is 0.104. The maximum Gasteiger partial charge on any atom is 0.178 e. The predicted molar refractivity (Wildman–Crippen MR) is 86.5 cm³/mol. The zero-order valence-corrected chi connectivity index (χ0v) is 13.0. The molecule has 5 heteroatoms. The SMILES string of the molecule is CCS(=O)(=O)c1ccc(Nc2ccccc2C(C)N)cc1. The molecule has 0 saturated heterocycles. The van der Waals surface area contributed by atoms with Crippen LogP contribution >= 0.6 is 0 Å². The largest absolute Gasteiger partial charge is 0.355 e. The summed E-state index contributed by atoms with van der Waals surface area (Å²) in [4.78, 5) is 0.344. The molecule has 0 aliphatic heterocycles. The van der Waals surface area contributed by atoms with Crippen LogP contribution in [0.2, 0.25) is 0 Å². The molecule has 1 atom stereocenters. The molecule has 21 heavy (non-hydrogen) atoms. The van der Waals surface area contributed by atoms with Crippen molar-refractivity contribution in [1.29, 1.82) is 0 Å². The van der Waals surface area contributed by atoms with Crippen LogP contribution in [0.25, 0.3) is 0 Å². The summed E-state index contributed by atoms with van der Waals surface area (Å²) in [6, 6.07) is 14.5. The lowest BCUT2D eigenvalue weighted by Gasteiger charge is -2.14. The Kier molecular flexibility index (Phi) is 4.65. The summed E-state index contributed by atoms with van der Waals surface area (Å²) in [6.07, 6.45) is 0. The molecule has 0 radical (unpaired) electrons. The van der Waals surface area contributed by atoms with Crippen LogP contribution in [0.1, 0.15) is 25.5 Å².